The highest BCUT2D eigenvalue weighted by molar-refractivity contribution is 5.83. The van der Waals surface area contributed by atoms with Gasteiger partial charge in [-0.05, 0) is 48.9 Å². The average molecular weight is 269 g/mol. The highest BCUT2D eigenvalue weighted by atomic mass is 16.3. The SMILES string of the molecule is C[C@]1(O)CC[C@](CN)(c2ccc3ccccc3c2)CC1. The fraction of sp³-hybridized carbons (Fsp3) is 0.444. The number of nitrogens with two attached hydrogens (primary N) is 1. The molecule has 0 aliphatic heterocycles. The van der Waals surface area contributed by atoms with Crippen LogP contribution >= 0.6 is 0 Å². The molecule has 106 valence electrons. The van der Waals surface area contributed by atoms with E-state index in [9.17, 15) is 5.11 Å². The van der Waals surface area contributed by atoms with E-state index in [-0.39, 0.29) is 5.41 Å². The monoisotopic (exact) mass is 269 g/mol. The second-order valence-electron chi connectivity index (χ2n) is 6.54. The molecule has 1 saturated carbocycles. The zero-order valence-corrected chi connectivity index (χ0v) is 12.1. The largest absolute Gasteiger partial charge is 0.390 e. The van der Waals surface area contributed by atoms with E-state index < -0.39 is 5.60 Å². The van der Waals surface area contributed by atoms with Gasteiger partial charge in [0.25, 0.3) is 0 Å². The molecule has 2 aromatic carbocycles. The number of hydrogen-bond donors (Lipinski definition) is 2. The molecule has 0 radical (unpaired) electrons. The Bertz CT molecular complexity index is 608. The fourth-order valence-electron chi connectivity index (χ4n) is 3.40. The minimum Gasteiger partial charge on any atom is -0.390 e. The first-order valence-corrected chi connectivity index (χ1v) is 7.47. The van der Waals surface area contributed by atoms with Gasteiger partial charge in [0.2, 0.25) is 0 Å². The Balaban J connectivity index is 1.99. The summed E-state index contributed by atoms with van der Waals surface area (Å²) in [5.74, 6) is 0. The summed E-state index contributed by atoms with van der Waals surface area (Å²) in [6, 6.07) is 15.1. The molecule has 2 heteroatoms. The van der Waals surface area contributed by atoms with Crippen molar-refractivity contribution in [3.8, 4) is 0 Å². The minimum atomic E-state index is -0.518. The van der Waals surface area contributed by atoms with Crippen LogP contribution in [0.1, 0.15) is 38.2 Å². The van der Waals surface area contributed by atoms with Crippen molar-refractivity contribution in [3.05, 3.63) is 48.0 Å². The Labute approximate surface area is 120 Å². The molecule has 0 bridgehead atoms. The normalized spacial score (nSPS) is 30.6. The summed E-state index contributed by atoms with van der Waals surface area (Å²) in [5, 5.41) is 12.7. The lowest BCUT2D eigenvalue weighted by molar-refractivity contribution is 0.00146. The van der Waals surface area contributed by atoms with Crippen molar-refractivity contribution in [1.82, 2.24) is 0 Å². The van der Waals surface area contributed by atoms with Gasteiger partial charge in [0.1, 0.15) is 0 Å². The number of aliphatic hydroxyl groups is 1. The van der Waals surface area contributed by atoms with E-state index in [4.69, 9.17) is 5.73 Å². The molecule has 0 heterocycles. The predicted molar refractivity (Wildman–Crippen MR) is 83.8 cm³/mol. The molecule has 2 aromatic rings. The van der Waals surface area contributed by atoms with Gasteiger partial charge in [-0.15, -0.1) is 0 Å². The maximum absolute atomic E-state index is 10.2. The highest BCUT2D eigenvalue weighted by Crippen LogP contribution is 2.43. The third kappa shape index (κ3) is 2.34. The van der Waals surface area contributed by atoms with E-state index in [1.165, 1.54) is 16.3 Å². The van der Waals surface area contributed by atoms with E-state index in [2.05, 4.69) is 42.5 Å². The average Bonchev–Trinajstić information content (AvgIpc) is 2.47. The van der Waals surface area contributed by atoms with Gasteiger partial charge in [-0.3, -0.25) is 0 Å². The second-order valence-corrected chi connectivity index (χ2v) is 6.54. The highest BCUT2D eigenvalue weighted by Gasteiger charge is 2.39. The third-order valence-electron chi connectivity index (χ3n) is 5.04. The molecule has 1 aliphatic carbocycles. The minimum absolute atomic E-state index is 0.0340. The van der Waals surface area contributed by atoms with Crippen LogP contribution < -0.4 is 5.73 Å². The van der Waals surface area contributed by atoms with E-state index in [1.54, 1.807) is 0 Å². The van der Waals surface area contributed by atoms with Crippen molar-refractivity contribution in [3.63, 3.8) is 0 Å². The van der Waals surface area contributed by atoms with Crippen LogP contribution in [0.25, 0.3) is 10.8 Å². The smallest absolute Gasteiger partial charge is 0.0620 e. The van der Waals surface area contributed by atoms with Crippen LogP contribution in [0.15, 0.2) is 42.5 Å². The standard InChI is InChI=1S/C18H23NO/c1-17(20)8-10-18(13-19,11-9-17)16-7-6-14-4-2-3-5-15(14)12-16/h2-7,12,20H,8-11,13,19H2,1H3/t17-,18-. The Morgan fingerprint density at radius 1 is 1.00 bits per heavy atom. The lowest BCUT2D eigenvalue weighted by atomic mass is 9.65. The number of hydrogen-bond acceptors (Lipinski definition) is 2. The van der Waals surface area contributed by atoms with Gasteiger partial charge in [0, 0.05) is 12.0 Å². The van der Waals surface area contributed by atoms with Crippen LogP contribution in [-0.4, -0.2) is 17.3 Å². The summed E-state index contributed by atoms with van der Waals surface area (Å²) in [7, 11) is 0. The van der Waals surface area contributed by atoms with Gasteiger partial charge < -0.3 is 10.8 Å². The maximum Gasteiger partial charge on any atom is 0.0620 e. The van der Waals surface area contributed by atoms with E-state index in [0.717, 1.165) is 25.7 Å². The zero-order valence-electron chi connectivity index (χ0n) is 12.1. The van der Waals surface area contributed by atoms with Crippen molar-refractivity contribution in [2.75, 3.05) is 6.54 Å². The Morgan fingerprint density at radius 2 is 1.65 bits per heavy atom. The second kappa shape index (κ2) is 4.87. The molecule has 20 heavy (non-hydrogen) atoms. The fourth-order valence-corrected chi connectivity index (χ4v) is 3.40. The van der Waals surface area contributed by atoms with Gasteiger partial charge >= 0.3 is 0 Å². The Kier molecular flexibility index (Phi) is 3.31. The maximum atomic E-state index is 10.2. The topological polar surface area (TPSA) is 46.2 Å². The lowest BCUT2D eigenvalue weighted by Crippen LogP contribution is -2.43. The molecule has 0 unspecified atom stereocenters. The van der Waals surface area contributed by atoms with Crippen molar-refractivity contribution in [2.45, 2.75) is 43.6 Å². The van der Waals surface area contributed by atoms with Gasteiger partial charge in [-0.1, -0.05) is 42.5 Å². The van der Waals surface area contributed by atoms with Gasteiger partial charge in [0.15, 0.2) is 0 Å². The first-order valence-electron chi connectivity index (χ1n) is 7.47. The summed E-state index contributed by atoms with van der Waals surface area (Å²) in [4.78, 5) is 0. The van der Waals surface area contributed by atoms with E-state index >= 15 is 0 Å². The molecule has 3 N–H and O–H groups in total. The molecule has 0 aromatic heterocycles. The molecule has 1 fully saturated rings. The number of benzene rings is 2. The van der Waals surface area contributed by atoms with Crippen molar-refractivity contribution >= 4 is 10.8 Å². The third-order valence-corrected chi connectivity index (χ3v) is 5.04. The first kappa shape index (κ1) is 13.6. The molecule has 0 saturated heterocycles. The molecule has 2 nitrogen and oxygen atoms in total. The molecule has 0 atom stereocenters. The predicted octanol–water partition coefficient (Wildman–Crippen LogP) is 3.36. The molecular formula is C18H23NO. The van der Waals surface area contributed by atoms with E-state index in [1.807, 2.05) is 6.92 Å². The number of fused-ring (bicyclic) bond motifs is 1. The summed E-state index contributed by atoms with van der Waals surface area (Å²) >= 11 is 0. The van der Waals surface area contributed by atoms with Crippen LogP contribution in [-0.2, 0) is 5.41 Å². The Hall–Kier alpha value is -1.38. The van der Waals surface area contributed by atoms with Gasteiger partial charge in [-0.2, -0.15) is 0 Å². The van der Waals surface area contributed by atoms with Crippen LogP contribution in [0.4, 0.5) is 0 Å². The Morgan fingerprint density at radius 3 is 2.30 bits per heavy atom. The number of rotatable bonds is 2. The summed E-state index contributed by atoms with van der Waals surface area (Å²) < 4.78 is 0. The zero-order chi connectivity index (χ0) is 14.2. The van der Waals surface area contributed by atoms with Gasteiger partial charge in [0.05, 0.1) is 5.60 Å². The van der Waals surface area contributed by atoms with Crippen LogP contribution in [0.5, 0.6) is 0 Å². The molecule has 1 aliphatic rings. The van der Waals surface area contributed by atoms with Crippen LogP contribution in [0, 0.1) is 0 Å². The van der Waals surface area contributed by atoms with Gasteiger partial charge in [-0.25, -0.2) is 0 Å². The van der Waals surface area contributed by atoms with Crippen LogP contribution in [0.2, 0.25) is 0 Å². The summed E-state index contributed by atoms with van der Waals surface area (Å²) in [6.07, 6.45) is 3.59. The van der Waals surface area contributed by atoms with Crippen molar-refractivity contribution in [1.29, 1.82) is 0 Å². The van der Waals surface area contributed by atoms with Crippen molar-refractivity contribution in [2.24, 2.45) is 5.73 Å². The van der Waals surface area contributed by atoms with Crippen molar-refractivity contribution < 1.29 is 5.11 Å². The van der Waals surface area contributed by atoms with Crippen LogP contribution in [0.3, 0.4) is 0 Å². The molecule has 0 amide bonds. The van der Waals surface area contributed by atoms with E-state index in [0.29, 0.717) is 6.54 Å². The molecular weight excluding hydrogens is 246 g/mol. The molecule has 0 spiro atoms. The quantitative estimate of drug-likeness (QED) is 0.878. The summed E-state index contributed by atoms with van der Waals surface area (Å²) in [5.41, 5.74) is 6.96. The summed E-state index contributed by atoms with van der Waals surface area (Å²) in [6.45, 7) is 2.59. The first-order chi connectivity index (χ1) is 9.55. The lowest BCUT2D eigenvalue weighted by Gasteiger charge is -2.42. The molecule has 3 rings (SSSR count).